The van der Waals surface area contributed by atoms with Crippen LogP contribution in [0.4, 0.5) is 0 Å². The van der Waals surface area contributed by atoms with Crippen molar-refractivity contribution >= 4 is 11.8 Å². The van der Waals surface area contributed by atoms with Gasteiger partial charge in [-0.15, -0.1) is 11.8 Å². The Balaban J connectivity index is 2.01. The lowest BCUT2D eigenvalue weighted by Crippen LogP contribution is -2.40. The Labute approximate surface area is 79.9 Å². The van der Waals surface area contributed by atoms with Gasteiger partial charge in [0.05, 0.1) is 0 Å². The SMILES string of the molecule is CSCN1CCCC12CCCC2. The maximum Gasteiger partial charge on any atom is 0.0447 e. The van der Waals surface area contributed by atoms with Crippen molar-refractivity contribution < 1.29 is 0 Å². The molecule has 1 saturated carbocycles. The highest BCUT2D eigenvalue weighted by atomic mass is 32.2. The third kappa shape index (κ3) is 1.39. The fourth-order valence-electron chi connectivity index (χ4n) is 2.95. The van der Waals surface area contributed by atoms with E-state index in [1.54, 1.807) is 0 Å². The standard InChI is InChI=1S/C10H19NS/c1-12-9-11-8-4-7-10(11)5-2-3-6-10/h2-9H2,1H3. The van der Waals surface area contributed by atoms with Crippen molar-refractivity contribution in [3.05, 3.63) is 0 Å². The van der Waals surface area contributed by atoms with E-state index in [1.807, 2.05) is 11.8 Å². The van der Waals surface area contributed by atoms with Crippen molar-refractivity contribution in [2.45, 2.75) is 44.1 Å². The first-order valence-corrected chi connectivity index (χ1v) is 6.51. The molecule has 2 aliphatic rings. The summed E-state index contributed by atoms with van der Waals surface area (Å²) in [4.78, 5) is 2.74. The van der Waals surface area contributed by atoms with Gasteiger partial charge in [0.1, 0.15) is 0 Å². The molecule has 0 aromatic rings. The monoisotopic (exact) mass is 185 g/mol. The molecule has 1 nitrogen and oxygen atoms in total. The van der Waals surface area contributed by atoms with Crippen LogP contribution in [0.15, 0.2) is 0 Å². The summed E-state index contributed by atoms with van der Waals surface area (Å²) in [5, 5.41) is 0. The molecule has 1 saturated heterocycles. The van der Waals surface area contributed by atoms with Crippen LogP contribution < -0.4 is 0 Å². The van der Waals surface area contributed by atoms with E-state index in [9.17, 15) is 0 Å². The van der Waals surface area contributed by atoms with Gasteiger partial charge in [0, 0.05) is 11.4 Å². The molecule has 1 spiro atoms. The predicted molar refractivity (Wildman–Crippen MR) is 55.5 cm³/mol. The van der Waals surface area contributed by atoms with Gasteiger partial charge < -0.3 is 0 Å². The summed E-state index contributed by atoms with van der Waals surface area (Å²) in [5.74, 6) is 1.26. The van der Waals surface area contributed by atoms with Gasteiger partial charge in [-0.25, -0.2) is 0 Å². The van der Waals surface area contributed by atoms with Crippen molar-refractivity contribution in [2.75, 3.05) is 18.7 Å². The number of rotatable bonds is 2. The van der Waals surface area contributed by atoms with Gasteiger partial charge in [-0.05, 0) is 38.5 Å². The van der Waals surface area contributed by atoms with Crippen LogP contribution in [0.1, 0.15) is 38.5 Å². The summed E-state index contributed by atoms with van der Waals surface area (Å²) in [6, 6.07) is 0. The third-order valence-electron chi connectivity index (χ3n) is 3.56. The van der Waals surface area contributed by atoms with E-state index in [-0.39, 0.29) is 0 Å². The Morgan fingerprint density at radius 2 is 1.83 bits per heavy atom. The second-order valence-corrected chi connectivity index (χ2v) is 5.05. The number of thioether (sulfide) groups is 1. The number of hydrogen-bond acceptors (Lipinski definition) is 2. The Morgan fingerprint density at radius 1 is 1.17 bits per heavy atom. The second kappa shape index (κ2) is 3.59. The maximum atomic E-state index is 2.74. The zero-order valence-electron chi connectivity index (χ0n) is 8.01. The molecule has 1 aliphatic heterocycles. The minimum atomic E-state index is 0.670. The van der Waals surface area contributed by atoms with Gasteiger partial charge >= 0.3 is 0 Å². The Kier molecular flexibility index (Phi) is 2.66. The molecule has 0 unspecified atom stereocenters. The lowest BCUT2D eigenvalue weighted by molar-refractivity contribution is 0.172. The smallest absolute Gasteiger partial charge is 0.0447 e. The Hall–Kier alpha value is 0.310. The lowest BCUT2D eigenvalue weighted by Gasteiger charge is -2.34. The summed E-state index contributed by atoms with van der Waals surface area (Å²) in [7, 11) is 0. The molecule has 1 heterocycles. The molecular formula is C10H19NS. The van der Waals surface area contributed by atoms with E-state index >= 15 is 0 Å². The quantitative estimate of drug-likeness (QED) is 0.651. The van der Waals surface area contributed by atoms with E-state index < -0.39 is 0 Å². The summed E-state index contributed by atoms with van der Waals surface area (Å²) in [5.41, 5.74) is 0.670. The first-order chi connectivity index (χ1) is 5.87. The molecular weight excluding hydrogens is 166 g/mol. The van der Waals surface area contributed by atoms with Gasteiger partial charge in [0.2, 0.25) is 0 Å². The van der Waals surface area contributed by atoms with E-state index in [4.69, 9.17) is 0 Å². The average molecular weight is 185 g/mol. The van der Waals surface area contributed by atoms with Crippen LogP contribution in [0.25, 0.3) is 0 Å². The second-order valence-electron chi connectivity index (χ2n) is 4.22. The molecule has 0 radical (unpaired) electrons. The Bertz CT molecular complexity index is 146. The summed E-state index contributed by atoms with van der Waals surface area (Å²) in [6.07, 6.45) is 11.1. The molecule has 2 rings (SSSR count). The molecule has 1 aliphatic carbocycles. The summed E-state index contributed by atoms with van der Waals surface area (Å²) < 4.78 is 0. The molecule has 0 aromatic carbocycles. The number of nitrogens with zero attached hydrogens (tertiary/aromatic N) is 1. The summed E-state index contributed by atoms with van der Waals surface area (Å²) >= 11 is 1.99. The maximum absolute atomic E-state index is 2.74. The predicted octanol–water partition coefficient (Wildman–Crippen LogP) is 2.72. The van der Waals surface area contributed by atoms with Crippen LogP contribution in [0.3, 0.4) is 0 Å². The molecule has 70 valence electrons. The van der Waals surface area contributed by atoms with Gasteiger partial charge in [-0.2, -0.15) is 0 Å². The first-order valence-electron chi connectivity index (χ1n) is 5.11. The normalized spacial score (nSPS) is 28.8. The molecule has 2 fully saturated rings. The minimum absolute atomic E-state index is 0.670. The van der Waals surface area contributed by atoms with Gasteiger partial charge in [0.25, 0.3) is 0 Å². The molecule has 12 heavy (non-hydrogen) atoms. The lowest BCUT2D eigenvalue weighted by atomic mass is 9.95. The van der Waals surface area contributed by atoms with Crippen molar-refractivity contribution in [1.29, 1.82) is 0 Å². The van der Waals surface area contributed by atoms with Crippen LogP contribution in [-0.2, 0) is 0 Å². The van der Waals surface area contributed by atoms with Crippen molar-refractivity contribution in [3.8, 4) is 0 Å². The molecule has 2 heteroatoms. The minimum Gasteiger partial charge on any atom is -0.288 e. The highest BCUT2D eigenvalue weighted by Crippen LogP contribution is 2.43. The zero-order chi connectivity index (χ0) is 8.44. The van der Waals surface area contributed by atoms with Crippen molar-refractivity contribution in [3.63, 3.8) is 0 Å². The van der Waals surface area contributed by atoms with E-state index in [0.717, 1.165) is 0 Å². The third-order valence-corrected chi connectivity index (χ3v) is 4.13. The number of hydrogen-bond donors (Lipinski definition) is 0. The van der Waals surface area contributed by atoms with E-state index in [0.29, 0.717) is 5.54 Å². The van der Waals surface area contributed by atoms with E-state index in [1.165, 1.54) is 50.9 Å². The highest BCUT2D eigenvalue weighted by molar-refractivity contribution is 7.98. The van der Waals surface area contributed by atoms with Gasteiger partial charge in [-0.3, -0.25) is 4.90 Å². The molecule has 0 N–H and O–H groups in total. The van der Waals surface area contributed by atoms with Crippen molar-refractivity contribution in [1.82, 2.24) is 4.90 Å². The number of likely N-dealkylation sites (tertiary alicyclic amines) is 1. The summed E-state index contributed by atoms with van der Waals surface area (Å²) in [6.45, 7) is 1.36. The van der Waals surface area contributed by atoms with E-state index in [2.05, 4.69) is 11.2 Å². The zero-order valence-corrected chi connectivity index (χ0v) is 8.83. The molecule has 0 bridgehead atoms. The highest BCUT2D eigenvalue weighted by Gasteiger charge is 2.42. The molecule has 0 aromatic heterocycles. The van der Waals surface area contributed by atoms with Crippen LogP contribution in [0.2, 0.25) is 0 Å². The average Bonchev–Trinajstić information content (AvgIpc) is 2.66. The fraction of sp³-hybridized carbons (Fsp3) is 1.00. The van der Waals surface area contributed by atoms with Crippen LogP contribution in [0.5, 0.6) is 0 Å². The fourth-order valence-corrected chi connectivity index (χ4v) is 3.67. The molecule has 0 atom stereocenters. The first kappa shape index (κ1) is 8.89. The van der Waals surface area contributed by atoms with Crippen LogP contribution >= 0.6 is 11.8 Å². The Morgan fingerprint density at radius 3 is 2.50 bits per heavy atom. The van der Waals surface area contributed by atoms with Gasteiger partial charge in [-0.1, -0.05) is 12.8 Å². The van der Waals surface area contributed by atoms with Crippen molar-refractivity contribution in [2.24, 2.45) is 0 Å². The molecule has 0 amide bonds. The van der Waals surface area contributed by atoms with Gasteiger partial charge in [0.15, 0.2) is 0 Å². The largest absolute Gasteiger partial charge is 0.288 e. The van der Waals surface area contributed by atoms with Crippen LogP contribution in [0, 0.1) is 0 Å². The van der Waals surface area contributed by atoms with Crippen LogP contribution in [-0.4, -0.2) is 29.1 Å². The topological polar surface area (TPSA) is 3.24 Å².